The van der Waals surface area contributed by atoms with Gasteiger partial charge >= 0.3 is 0 Å². The van der Waals surface area contributed by atoms with E-state index in [9.17, 15) is 19.2 Å². The lowest BCUT2D eigenvalue weighted by Crippen LogP contribution is -2.42. The quantitative estimate of drug-likeness (QED) is 0.418. The minimum absolute atomic E-state index is 0.0351. The number of carbonyl (C=O) groups is 1. The molecule has 0 unspecified atom stereocenters. The topological polar surface area (TPSA) is 132 Å². The lowest BCUT2D eigenvalue weighted by molar-refractivity contribution is -0.127. The molecule has 6 rings (SSSR count). The van der Waals surface area contributed by atoms with Gasteiger partial charge in [-0.2, -0.15) is 26.0 Å². The number of aromatic nitrogens is 4. The fourth-order valence-corrected chi connectivity index (χ4v) is 7.10. The average Bonchev–Trinajstić information content (AvgIpc) is 3.35. The molecule has 0 radical (unpaired) electrons. The third-order valence-corrected chi connectivity index (χ3v) is 10.1. The molecule has 1 aromatic carbocycles. The van der Waals surface area contributed by atoms with Crippen LogP contribution in [0.1, 0.15) is 50.1 Å². The van der Waals surface area contributed by atoms with E-state index in [2.05, 4.69) is 45.7 Å². The van der Waals surface area contributed by atoms with Gasteiger partial charge in [0.15, 0.2) is 0 Å². The Labute approximate surface area is 230 Å². The number of benzene rings is 1. The van der Waals surface area contributed by atoms with Crippen molar-refractivity contribution in [1.82, 2.24) is 24.9 Å². The molecule has 2 aliphatic carbocycles. The molecule has 3 N–H and O–H groups in total. The minimum atomic E-state index is -2.45. The second kappa shape index (κ2) is 10.0. The molecular weight excluding hydrogens is 514 g/mol. The van der Waals surface area contributed by atoms with E-state index in [1.807, 2.05) is 24.1 Å². The van der Waals surface area contributed by atoms with Crippen molar-refractivity contribution in [1.29, 1.82) is 5.26 Å². The average molecular weight is 550 g/mol. The van der Waals surface area contributed by atoms with Crippen LogP contribution in [0.2, 0.25) is 0 Å². The standard InChI is InChI=1S/C28H35N7O3S/c1-33-17-22(16-30-33)35-18-25(20-6-8-21(9-7-20)34-12-14-39(37,38)15-13-34)26(32-35)23-4-2-3-5-24(23)27(36)31-28(19-29)10-11-28/h6-9,16-18,23-24,37-38H,2-5,10-15H2,1H3,(H,31,36)/t23-,24-/m1/s1. The van der Waals surface area contributed by atoms with Crippen molar-refractivity contribution >= 4 is 22.2 Å². The predicted octanol–water partition coefficient (Wildman–Crippen LogP) is 4.29. The number of anilines is 1. The highest BCUT2D eigenvalue weighted by Crippen LogP contribution is 2.44. The van der Waals surface area contributed by atoms with E-state index in [0.717, 1.165) is 66.7 Å². The highest BCUT2D eigenvalue weighted by molar-refractivity contribution is 8.24. The van der Waals surface area contributed by atoms with Gasteiger partial charge in [0.1, 0.15) is 11.2 Å². The van der Waals surface area contributed by atoms with Crippen LogP contribution >= 0.6 is 10.6 Å². The third kappa shape index (κ3) is 5.29. The highest BCUT2D eigenvalue weighted by Gasteiger charge is 2.47. The van der Waals surface area contributed by atoms with Gasteiger partial charge in [-0.15, -0.1) is 0 Å². The van der Waals surface area contributed by atoms with Gasteiger partial charge in [0, 0.05) is 49.4 Å². The van der Waals surface area contributed by atoms with E-state index in [4.69, 9.17) is 5.10 Å². The maximum atomic E-state index is 13.4. The van der Waals surface area contributed by atoms with E-state index in [-0.39, 0.29) is 17.7 Å². The Balaban J connectivity index is 1.33. The van der Waals surface area contributed by atoms with Crippen molar-refractivity contribution < 1.29 is 13.9 Å². The van der Waals surface area contributed by atoms with Crippen LogP contribution in [0.3, 0.4) is 0 Å². The molecule has 206 valence electrons. The van der Waals surface area contributed by atoms with E-state index >= 15 is 0 Å². The molecule has 3 heterocycles. The van der Waals surface area contributed by atoms with Crippen LogP contribution in [0.4, 0.5) is 5.69 Å². The number of amides is 1. The Morgan fingerprint density at radius 3 is 2.46 bits per heavy atom. The molecule has 3 aliphatic rings. The number of nitrogens with one attached hydrogen (secondary N) is 1. The van der Waals surface area contributed by atoms with Crippen LogP contribution in [-0.4, -0.2) is 64.7 Å². The second-order valence-electron chi connectivity index (χ2n) is 11.2. The van der Waals surface area contributed by atoms with Crippen molar-refractivity contribution in [3.05, 3.63) is 48.5 Å². The summed E-state index contributed by atoms with van der Waals surface area (Å²) >= 11 is 0. The molecule has 3 fully saturated rings. The zero-order chi connectivity index (χ0) is 27.2. The Hall–Kier alpha value is -3.33. The maximum Gasteiger partial charge on any atom is 0.225 e. The summed E-state index contributed by atoms with van der Waals surface area (Å²) in [6, 6.07) is 10.6. The number of rotatable bonds is 6. The van der Waals surface area contributed by atoms with Crippen molar-refractivity contribution in [2.24, 2.45) is 13.0 Å². The smallest absolute Gasteiger partial charge is 0.225 e. The fourth-order valence-electron chi connectivity index (χ4n) is 5.87. The second-order valence-corrected chi connectivity index (χ2v) is 13.6. The maximum absolute atomic E-state index is 13.4. The molecule has 1 aliphatic heterocycles. The number of nitrogens with zero attached hydrogens (tertiary/aromatic N) is 6. The first-order valence-corrected chi connectivity index (χ1v) is 15.6. The first-order chi connectivity index (χ1) is 18.8. The fraction of sp³-hybridized carbons (Fsp3) is 0.500. The lowest BCUT2D eigenvalue weighted by Gasteiger charge is -2.41. The predicted molar refractivity (Wildman–Crippen MR) is 151 cm³/mol. The van der Waals surface area contributed by atoms with Crippen molar-refractivity contribution in [3.8, 4) is 22.9 Å². The Morgan fingerprint density at radius 2 is 1.82 bits per heavy atom. The van der Waals surface area contributed by atoms with Crippen LogP contribution in [0, 0.1) is 17.2 Å². The van der Waals surface area contributed by atoms with E-state index in [1.54, 1.807) is 10.9 Å². The van der Waals surface area contributed by atoms with Crippen LogP contribution in [0.25, 0.3) is 16.8 Å². The molecule has 0 bridgehead atoms. The zero-order valence-electron chi connectivity index (χ0n) is 22.2. The molecular formula is C28H35N7O3S. The van der Waals surface area contributed by atoms with E-state index in [0.29, 0.717) is 24.6 Å². The van der Waals surface area contributed by atoms with E-state index < -0.39 is 16.1 Å². The number of nitriles is 1. The van der Waals surface area contributed by atoms with Gasteiger partial charge in [-0.1, -0.05) is 25.0 Å². The van der Waals surface area contributed by atoms with Crippen molar-refractivity contribution in [2.45, 2.75) is 50.0 Å². The van der Waals surface area contributed by atoms with Gasteiger partial charge in [-0.05, 0) is 43.4 Å². The van der Waals surface area contributed by atoms with Crippen LogP contribution in [-0.2, 0) is 11.8 Å². The normalized spacial score (nSPS) is 24.5. The molecule has 2 aromatic heterocycles. The van der Waals surface area contributed by atoms with Crippen molar-refractivity contribution in [2.75, 3.05) is 29.5 Å². The molecule has 3 aromatic rings. The highest BCUT2D eigenvalue weighted by atomic mass is 32.3. The van der Waals surface area contributed by atoms with Gasteiger partial charge in [-0.25, -0.2) is 4.68 Å². The molecule has 2 saturated carbocycles. The Morgan fingerprint density at radius 1 is 1.10 bits per heavy atom. The first-order valence-electron chi connectivity index (χ1n) is 13.7. The van der Waals surface area contributed by atoms with Gasteiger partial charge < -0.3 is 10.2 Å². The molecule has 39 heavy (non-hydrogen) atoms. The summed E-state index contributed by atoms with van der Waals surface area (Å²) < 4.78 is 23.5. The molecule has 1 saturated heterocycles. The number of hydrogen-bond acceptors (Lipinski definition) is 7. The summed E-state index contributed by atoms with van der Waals surface area (Å²) in [7, 11) is -0.574. The molecule has 11 heteroatoms. The summed E-state index contributed by atoms with van der Waals surface area (Å²) in [6.45, 7) is 1.24. The summed E-state index contributed by atoms with van der Waals surface area (Å²) in [5.41, 5.74) is 4.13. The van der Waals surface area contributed by atoms with E-state index in [1.165, 1.54) is 0 Å². The lowest BCUT2D eigenvalue weighted by atomic mass is 9.75. The minimum Gasteiger partial charge on any atom is -0.368 e. The Bertz CT molecular complexity index is 1390. The summed E-state index contributed by atoms with van der Waals surface area (Å²) in [5, 5.41) is 21.9. The number of hydrogen-bond donors (Lipinski definition) is 3. The number of aryl methyl sites for hydroxylation is 1. The summed E-state index contributed by atoms with van der Waals surface area (Å²) in [6.07, 6.45) is 10.8. The molecule has 2 atom stereocenters. The third-order valence-electron chi connectivity index (χ3n) is 8.40. The zero-order valence-corrected chi connectivity index (χ0v) is 23.0. The SMILES string of the molecule is Cn1cc(-n2cc(-c3ccc(N4CCS(O)(O)CC4)cc3)c([C@@H]3CCCC[C@H]3C(=O)NC3(C#N)CC3)n2)cn1. The molecule has 1 amide bonds. The van der Waals surface area contributed by atoms with Gasteiger partial charge in [0.05, 0.1) is 35.7 Å². The summed E-state index contributed by atoms with van der Waals surface area (Å²) in [4.78, 5) is 15.6. The van der Waals surface area contributed by atoms with Gasteiger partial charge in [0.25, 0.3) is 0 Å². The number of carbonyl (C=O) groups excluding carboxylic acids is 1. The Kier molecular flexibility index (Phi) is 6.65. The van der Waals surface area contributed by atoms with Gasteiger partial charge in [0.2, 0.25) is 5.91 Å². The van der Waals surface area contributed by atoms with Crippen LogP contribution in [0.15, 0.2) is 42.9 Å². The monoisotopic (exact) mass is 549 g/mol. The van der Waals surface area contributed by atoms with Crippen molar-refractivity contribution in [3.63, 3.8) is 0 Å². The van der Waals surface area contributed by atoms with Gasteiger partial charge in [-0.3, -0.25) is 18.6 Å². The molecule has 10 nitrogen and oxygen atoms in total. The molecule has 0 spiro atoms. The largest absolute Gasteiger partial charge is 0.368 e. The van der Waals surface area contributed by atoms with Crippen LogP contribution in [0.5, 0.6) is 0 Å². The van der Waals surface area contributed by atoms with Crippen LogP contribution < -0.4 is 10.2 Å². The summed E-state index contributed by atoms with van der Waals surface area (Å²) in [5.74, 6) is 0.484. The first kappa shape index (κ1) is 25.9.